The van der Waals surface area contributed by atoms with Crippen LogP contribution in [-0.4, -0.2) is 46.5 Å². The first-order valence-corrected chi connectivity index (χ1v) is 7.86. The van der Waals surface area contributed by atoms with E-state index in [1.54, 1.807) is 3.27 Å². The summed E-state index contributed by atoms with van der Waals surface area (Å²) in [4.78, 5) is 2.28. The summed E-state index contributed by atoms with van der Waals surface area (Å²) in [6, 6.07) is 10.9. The second-order valence-electron chi connectivity index (χ2n) is 2.71. The van der Waals surface area contributed by atoms with Crippen molar-refractivity contribution in [3.8, 4) is 0 Å². The average Bonchev–Trinajstić information content (AvgIpc) is 2.03. The van der Waals surface area contributed by atoms with E-state index >= 15 is 0 Å². The fourth-order valence-corrected chi connectivity index (χ4v) is 3.98. The van der Waals surface area contributed by atoms with E-state index in [2.05, 4.69) is 49.3 Å². The molecule has 0 fully saturated rings. The second kappa shape index (κ2) is 4.84. The van der Waals surface area contributed by atoms with E-state index in [4.69, 9.17) is 0 Å². The molecule has 1 radical (unpaired) electrons. The van der Waals surface area contributed by atoms with Crippen LogP contribution in [0.1, 0.15) is 0 Å². The molecule has 2 heteroatoms. The Morgan fingerprint density at radius 3 is 2.36 bits per heavy atom. The van der Waals surface area contributed by atoms with Crippen molar-refractivity contribution in [1.29, 1.82) is 0 Å². The molecule has 59 valence electrons. The van der Waals surface area contributed by atoms with Gasteiger partial charge in [-0.2, -0.15) is 0 Å². The summed E-state index contributed by atoms with van der Waals surface area (Å²) in [5.74, 6) is 0. The van der Waals surface area contributed by atoms with Gasteiger partial charge in [0.25, 0.3) is 0 Å². The van der Waals surface area contributed by atoms with E-state index < -0.39 is 0 Å². The van der Waals surface area contributed by atoms with E-state index in [1.165, 1.54) is 4.25 Å². The Kier molecular flexibility index (Phi) is 4.03. The maximum atomic E-state index is 2.28. The monoisotopic (exact) mass is 344 g/mol. The second-order valence-corrected chi connectivity index (χ2v) is 7.05. The zero-order valence-corrected chi connectivity index (χ0v) is 10.5. The number of hydrogen-bond donors (Lipinski definition) is 0. The van der Waals surface area contributed by atoms with Gasteiger partial charge in [-0.1, -0.05) is 0 Å². The third-order valence-electron chi connectivity index (χ3n) is 1.29. The molecule has 0 bridgehead atoms. The fourth-order valence-electron chi connectivity index (χ4n) is 0.756. The number of rotatable bonds is 3. The van der Waals surface area contributed by atoms with Crippen molar-refractivity contribution in [2.24, 2.45) is 0 Å². The molecule has 0 aliphatic carbocycles. The van der Waals surface area contributed by atoms with Gasteiger partial charge in [-0.15, -0.1) is 0 Å². The maximum absolute atomic E-state index is 2.28. The standard InChI is InChI=1S/C6H5.C3H8N.Bi/c1-2-4-6-5-3-1;1-4(2)3;/h1-5H;1H2,2-3H3;. The van der Waals surface area contributed by atoms with E-state index in [0.717, 1.165) is 0 Å². The molecular formula is C9H13BiN. The quantitative estimate of drug-likeness (QED) is 0.724. The third-order valence-corrected chi connectivity index (χ3v) is 6.62. The van der Waals surface area contributed by atoms with Crippen molar-refractivity contribution in [3.05, 3.63) is 30.3 Å². The molecule has 0 aliphatic rings. The van der Waals surface area contributed by atoms with Gasteiger partial charge in [0.05, 0.1) is 0 Å². The van der Waals surface area contributed by atoms with Crippen LogP contribution in [0.25, 0.3) is 0 Å². The van der Waals surface area contributed by atoms with Crippen molar-refractivity contribution in [2.45, 2.75) is 0 Å². The molecule has 0 aromatic heterocycles. The van der Waals surface area contributed by atoms with Gasteiger partial charge in [-0.05, 0) is 0 Å². The SMILES string of the molecule is CN(C)[CH2][Bi][c]1ccccc1. The van der Waals surface area contributed by atoms with Crippen molar-refractivity contribution in [3.63, 3.8) is 0 Å². The Morgan fingerprint density at radius 2 is 1.82 bits per heavy atom. The predicted octanol–water partition coefficient (Wildman–Crippen LogP) is 0.535. The first kappa shape index (κ1) is 9.15. The van der Waals surface area contributed by atoms with Gasteiger partial charge in [0, 0.05) is 0 Å². The van der Waals surface area contributed by atoms with Crippen LogP contribution in [0.15, 0.2) is 30.3 Å². The number of hydrogen-bond acceptors (Lipinski definition) is 1. The van der Waals surface area contributed by atoms with Crippen LogP contribution >= 0.6 is 0 Å². The van der Waals surface area contributed by atoms with Gasteiger partial charge in [-0.25, -0.2) is 0 Å². The van der Waals surface area contributed by atoms with Crippen LogP contribution in [0, 0.1) is 0 Å². The van der Waals surface area contributed by atoms with Crippen LogP contribution in [0.3, 0.4) is 0 Å². The number of nitrogens with zero attached hydrogens (tertiary/aromatic N) is 1. The van der Waals surface area contributed by atoms with Gasteiger partial charge in [0.2, 0.25) is 0 Å². The number of benzene rings is 1. The van der Waals surface area contributed by atoms with Crippen LogP contribution in [0.2, 0.25) is 0 Å². The van der Waals surface area contributed by atoms with Crippen LogP contribution in [-0.2, 0) is 0 Å². The van der Waals surface area contributed by atoms with E-state index in [9.17, 15) is 0 Å². The minimum absolute atomic E-state index is 0.387. The van der Waals surface area contributed by atoms with E-state index in [1.807, 2.05) is 0 Å². The summed E-state index contributed by atoms with van der Waals surface area (Å²) in [5, 5.41) is 0. The summed E-state index contributed by atoms with van der Waals surface area (Å²) in [6.45, 7) is 0. The Bertz CT molecular complexity index is 196. The van der Waals surface area contributed by atoms with Crippen LogP contribution in [0.4, 0.5) is 0 Å². The first-order chi connectivity index (χ1) is 5.29. The molecule has 0 amide bonds. The molecule has 1 nitrogen and oxygen atoms in total. The predicted molar refractivity (Wildman–Crippen MR) is 50.4 cm³/mol. The summed E-state index contributed by atoms with van der Waals surface area (Å²) in [5.41, 5.74) is 0. The Labute approximate surface area is 80.0 Å². The van der Waals surface area contributed by atoms with Gasteiger partial charge >= 0.3 is 80.1 Å². The molecule has 1 rings (SSSR count). The molecule has 1 aromatic carbocycles. The molecule has 0 atom stereocenters. The summed E-state index contributed by atoms with van der Waals surface area (Å²) in [7, 11) is 4.29. The zero-order chi connectivity index (χ0) is 8.10. The van der Waals surface area contributed by atoms with E-state index in [0.29, 0.717) is 0 Å². The molecule has 0 spiro atoms. The average molecular weight is 344 g/mol. The molecule has 0 saturated heterocycles. The Morgan fingerprint density at radius 1 is 1.18 bits per heavy atom. The topological polar surface area (TPSA) is 3.24 Å². The summed E-state index contributed by atoms with van der Waals surface area (Å²) in [6.07, 6.45) is 0. The Balaban J connectivity index is 2.39. The molecular weight excluding hydrogens is 331 g/mol. The molecule has 0 heterocycles. The van der Waals surface area contributed by atoms with Crippen molar-refractivity contribution in [1.82, 2.24) is 4.90 Å². The van der Waals surface area contributed by atoms with Gasteiger partial charge < -0.3 is 0 Å². The molecule has 11 heavy (non-hydrogen) atoms. The molecule has 0 saturated carbocycles. The summed E-state index contributed by atoms with van der Waals surface area (Å²) >= 11 is -0.387. The van der Waals surface area contributed by atoms with Crippen molar-refractivity contribution < 1.29 is 0 Å². The molecule has 1 aromatic rings. The zero-order valence-electron chi connectivity index (χ0n) is 6.99. The van der Waals surface area contributed by atoms with Crippen molar-refractivity contribution in [2.75, 3.05) is 18.3 Å². The molecule has 0 N–H and O–H groups in total. The van der Waals surface area contributed by atoms with Crippen LogP contribution < -0.4 is 3.27 Å². The normalized spacial score (nSPS) is 10.5. The molecule has 0 unspecified atom stereocenters. The van der Waals surface area contributed by atoms with Crippen LogP contribution in [0.5, 0.6) is 0 Å². The van der Waals surface area contributed by atoms with E-state index in [-0.39, 0.29) is 23.2 Å². The van der Waals surface area contributed by atoms with Gasteiger partial charge in [0.1, 0.15) is 0 Å². The first-order valence-electron chi connectivity index (χ1n) is 3.66. The van der Waals surface area contributed by atoms with Gasteiger partial charge in [0.15, 0.2) is 0 Å². The third kappa shape index (κ3) is 3.83. The molecule has 0 aliphatic heterocycles. The van der Waals surface area contributed by atoms with Gasteiger partial charge in [-0.3, -0.25) is 0 Å². The Hall–Kier alpha value is 0.0631. The fraction of sp³-hybridized carbons (Fsp3) is 0.333. The minimum atomic E-state index is -0.387. The summed E-state index contributed by atoms with van der Waals surface area (Å²) < 4.78 is 2.91. The van der Waals surface area contributed by atoms with Crippen molar-refractivity contribution >= 4 is 26.5 Å².